The zero-order valence-corrected chi connectivity index (χ0v) is 16.7. The lowest BCUT2D eigenvalue weighted by Gasteiger charge is -2.13. The largest absolute Gasteiger partial charge is 0.493 e. The maximum Gasteiger partial charge on any atom is 0.269 e. The molecule has 1 heterocycles. The van der Waals surface area contributed by atoms with E-state index in [1.807, 2.05) is 6.92 Å². The van der Waals surface area contributed by atoms with Crippen molar-refractivity contribution in [2.75, 3.05) is 13.7 Å². The number of aromatic nitrogens is 2. The average molecular weight is 410 g/mol. The number of hydrogen-bond acceptors (Lipinski definition) is 6. The van der Waals surface area contributed by atoms with E-state index in [1.54, 1.807) is 36.4 Å². The monoisotopic (exact) mass is 410 g/mol. The van der Waals surface area contributed by atoms with Crippen LogP contribution in [0.3, 0.4) is 0 Å². The molecular weight excluding hydrogens is 388 g/mol. The van der Waals surface area contributed by atoms with E-state index in [-0.39, 0.29) is 12.0 Å². The van der Waals surface area contributed by atoms with Crippen molar-refractivity contribution in [2.24, 2.45) is 0 Å². The van der Waals surface area contributed by atoms with Crippen LogP contribution in [0.1, 0.15) is 23.7 Å². The molecule has 0 fully saturated rings. The molecule has 2 aromatic carbocycles. The van der Waals surface area contributed by atoms with Gasteiger partial charge in [-0.15, -0.1) is 0 Å². The number of benzene rings is 2. The Morgan fingerprint density at radius 1 is 1.10 bits per heavy atom. The van der Waals surface area contributed by atoms with Crippen molar-refractivity contribution in [2.45, 2.75) is 19.9 Å². The molecule has 156 valence electrons. The summed E-state index contributed by atoms with van der Waals surface area (Å²) in [6.45, 7) is 2.35. The van der Waals surface area contributed by atoms with Gasteiger partial charge in [0.25, 0.3) is 11.8 Å². The molecule has 0 aliphatic heterocycles. The highest BCUT2D eigenvalue weighted by atomic mass is 16.5. The van der Waals surface area contributed by atoms with E-state index >= 15 is 0 Å². The lowest BCUT2D eigenvalue weighted by atomic mass is 10.2. The average Bonchev–Trinajstić information content (AvgIpc) is 2.78. The minimum absolute atomic E-state index is 0.172. The summed E-state index contributed by atoms with van der Waals surface area (Å²) in [5.74, 6) is -0.0524. The Kier molecular flexibility index (Phi) is 6.63. The standard InChI is InChI=1S/C21H22N4O5/c1-3-10-30-18-9-8-14(11-19(18)29-2)21(28)24-23-20(27)13-25-16-7-5-4-6-15(16)17(26)12-22-25/h4-9,11-12H,3,10,13H2,1-2H3,(H,23,27)(H,24,28). The number of fused-ring (bicyclic) bond motifs is 1. The summed E-state index contributed by atoms with van der Waals surface area (Å²) in [7, 11) is 1.49. The summed E-state index contributed by atoms with van der Waals surface area (Å²) in [6, 6.07) is 11.6. The zero-order valence-electron chi connectivity index (χ0n) is 16.7. The predicted octanol–water partition coefficient (Wildman–Crippen LogP) is 1.66. The second-order valence-corrected chi connectivity index (χ2v) is 6.40. The molecule has 0 aliphatic carbocycles. The van der Waals surface area contributed by atoms with Crippen LogP contribution in [0.5, 0.6) is 11.5 Å². The SMILES string of the molecule is CCCOc1ccc(C(=O)NNC(=O)Cn2ncc(=O)c3ccccc32)cc1OC. The first-order valence-corrected chi connectivity index (χ1v) is 9.38. The second kappa shape index (κ2) is 9.55. The van der Waals surface area contributed by atoms with E-state index in [1.165, 1.54) is 17.9 Å². The molecule has 0 unspecified atom stereocenters. The first-order chi connectivity index (χ1) is 14.5. The number of hydrogen-bond donors (Lipinski definition) is 2. The molecule has 9 heteroatoms. The topological polar surface area (TPSA) is 112 Å². The number of nitrogens with zero attached hydrogens (tertiary/aromatic N) is 2. The van der Waals surface area contributed by atoms with E-state index in [0.29, 0.717) is 34.6 Å². The Labute approximate surface area is 172 Å². The summed E-state index contributed by atoms with van der Waals surface area (Å²) >= 11 is 0. The Hall–Kier alpha value is -3.88. The van der Waals surface area contributed by atoms with Crippen molar-refractivity contribution in [1.82, 2.24) is 20.6 Å². The molecule has 0 aliphatic rings. The van der Waals surface area contributed by atoms with Crippen molar-refractivity contribution in [1.29, 1.82) is 0 Å². The molecule has 30 heavy (non-hydrogen) atoms. The van der Waals surface area contributed by atoms with Gasteiger partial charge in [-0.1, -0.05) is 19.1 Å². The quantitative estimate of drug-likeness (QED) is 0.573. The Morgan fingerprint density at radius 3 is 2.67 bits per heavy atom. The lowest BCUT2D eigenvalue weighted by Crippen LogP contribution is -2.43. The third-order valence-electron chi connectivity index (χ3n) is 4.26. The summed E-state index contributed by atoms with van der Waals surface area (Å²) in [4.78, 5) is 36.5. The van der Waals surface area contributed by atoms with Gasteiger partial charge in [0.1, 0.15) is 6.54 Å². The third kappa shape index (κ3) is 4.75. The number of hydrazine groups is 1. The Morgan fingerprint density at radius 2 is 1.90 bits per heavy atom. The molecule has 0 spiro atoms. The van der Waals surface area contributed by atoms with Crippen molar-refractivity contribution in [3.63, 3.8) is 0 Å². The number of nitrogens with one attached hydrogen (secondary N) is 2. The molecule has 1 aromatic heterocycles. The van der Waals surface area contributed by atoms with Crippen molar-refractivity contribution >= 4 is 22.7 Å². The van der Waals surface area contributed by atoms with Gasteiger partial charge in [-0.25, -0.2) is 0 Å². The number of rotatable bonds is 7. The van der Waals surface area contributed by atoms with Crippen LogP contribution >= 0.6 is 0 Å². The summed E-state index contributed by atoms with van der Waals surface area (Å²) < 4.78 is 12.2. The van der Waals surface area contributed by atoms with Gasteiger partial charge in [-0.05, 0) is 36.8 Å². The Bertz CT molecular complexity index is 1130. The maximum atomic E-state index is 12.4. The van der Waals surface area contributed by atoms with Crippen LogP contribution in [0.4, 0.5) is 0 Å². The van der Waals surface area contributed by atoms with Crippen LogP contribution in [-0.4, -0.2) is 35.3 Å². The fraction of sp³-hybridized carbons (Fsp3) is 0.238. The van der Waals surface area contributed by atoms with Crippen molar-refractivity contribution < 1.29 is 19.1 Å². The highest BCUT2D eigenvalue weighted by Crippen LogP contribution is 2.28. The summed E-state index contributed by atoms with van der Waals surface area (Å²) in [5.41, 5.74) is 5.30. The van der Waals surface area contributed by atoms with Crippen molar-refractivity contribution in [3.05, 3.63) is 64.4 Å². The molecule has 2 amide bonds. The third-order valence-corrected chi connectivity index (χ3v) is 4.26. The number of ether oxygens (including phenoxy) is 2. The van der Waals surface area contributed by atoms with E-state index < -0.39 is 11.8 Å². The zero-order chi connectivity index (χ0) is 21.5. The fourth-order valence-corrected chi connectivity index (χ4v) is 2.80. The predicted molar refractivity (Wildman–Crippen MR) is 110 cm³/mol. The van der Waals surface area contributed by atoms with Crippen molar-refractivity contribution in [3.8, 4) is 11.5 Å². The second-order valence-electron chi connectivity index (χ2n) is 6.40. The number of methoxy groups -OCH3 is 1. The van der Waals surface area contributed by atoms with Gasteiger partial charge in [0, 0.05) is 10.9 Å². The molecule has 2 N–H and O–H groups in total. The number of carbonyl (C=O) groups excluding carboxylic acids is 2. The van der Waals surface area contributed by atoms with Gasteiger partial charge in [0.15, 0.2) is 11.5 Å². The molecule has 0 bridgehead atoms. The number of amides is 2. The van der Waals surface area contributed by atoms with Gasteiger partial charge in [0.2, 0.25) is 5.43 Å². The highest BCUT2D eigenvalue weighted by Gasteiger charge is 2.13. The maximum absolute atomic E-state index is 12.4. The number of para-hydroxylation sites is 1. The van der Waals surface area contributed by atoms with E-state index in [9.17, 15) is 14.4 Å². The van der Waals surface area contributed by atoms with Gasteiger partial charge < -0.3 is 9.47 Å². The smallest absolute Gasteiger partial charge is 0.269 e. The van der Waals surface area contributed by atoms with E-state index in [4.69, 9.17) is 9.47 Å². The highest BCUT2D eigenvalue weighted by molar-refractivity contribution is 5.96. The van der Waals surface area contributed by atoms with Gasteiger partial charge >= 0.3 is 0 Å². The van der Waals surface area contributed by atoms with E-state index in [0.717, 1.165) is 12.6 Å². The lowest BCUT2D eigenvalue weighted by molar-refractivity contribution is -0.122. The Balaban J connectivity index is 1.64. The fourth-order valence-electron chi connectivity index (χ4n) is 2.80. The first kappa shape index (κ1) is 20.8. The molecule has 0 saturated heterocycles. The van der Waals surface area contributed by atoms with E-state index in [2.05, 4.69) is 16.0 Å². The minimum atomic E-state index is -0.513. The van der Waals surface area contributed by atoms with Crippen LogP contribution in [-0.2, 0) is 11.3 Å². The minimum Gasteiger partial charge on any atom is -0.493 e. The summed E-state index contributed by atoms with van der Waals surface area (Å²) in [6.07, 6.45) is 2.00. The van der Waals surface area contributed by atoms with Crippen LogP contribution in [0.2, 0.25) is 0 Å². The van der Waals surface area contributed by atoms with Crippen LogP contribution in [0.15, 0.2) is 53.5 Å². The van der Waals surface area contributed by atoms with Gasteiger partial charge in [-0.2, -0.15) is 5.10 Å². The molecule has 0 radical (unpaired) electrons. The normalized spacial score (nSPS) is 10.5. The van der Waals surface area contributed by atoms with Crippen LogP contribution < -0.4 is 25.8 Å². The molecular formula is C21H22N4O5. The molecule has 0 saturated carbocycles. The molecule has 9 nitrogen and oxygen atoms in total. The summed E-state index contributed by atoms with van der Waals surface area (Å²) in [5, 5.41) is 4.45. The number of carbonyl (C=O) groups is 2. The molecule has 3 rings (SSSR count). The van der Waals surface area contributed by atoms with Gasteiger partial charge in [-0.3, -0.25) is 29.9 Å². The first-order valence-electron chi connectivity index (χ1n) is 9.38. The molecule has 0 atom stereocenters. The van der Waals surface area contributed by atoms with Crippen LogP contribution in [0.25, 0.3) is 10.9 Å². The van der Waals surface area contributed by atoms with Gasteiger partial charge in [0.05, 0.1) is 25.4 Å². The molecule has 3 aromatic rings. The van der Waals surface area contributed by atoms with Crippen LogP contribution in [0, 0.1) is 0 Å².